The third-order valence-corrected chi connectivity index (χ3v) is 6.94. The second-order valence-corrected chi connectivity index (χ2v) is 9.37. The van der Waals surface area contributed by atoms with Crippen LogP contribution in [-0.2, 0) is 14.3 Å². The van der Waals surface area contributed by atoms with Crippen molar-refractivity contribution >= 4 is 50.6 Å². The van der Waals surface area contributed by atoms with E-state index < -0.39 is 35.0 Å². The SMILES string of the molecule is CCOC(=O)c1nn(-c2cccc(F)c2)c(=O)c2c(NC(=O)C3CC(=O)N(c4ccc(F)cc4)C3)scc12. The maximum Gasteiger partial charge on any atom is 0.359 e. The molecule has 1 N–H and O–H groups in total. The number of thiophene rings is 1. The lowest BCUT2D eigenvalue weighted by Crippen LogP contribution is -2.29. The van der Waals surface area contributed by atoms with Crippen molar-refractivity contribution in [1.82, 2.24) is 9.78 Å². The zero-order valence-corrected chi connectivity index (χ0v) is 20.8. The van der Waals surface area contributed by atoms with Gasteiger partial charge in [-0.25, -0.2) is 13.6 Å². The molecule has 3 heterocycles. The summed E-state index contributed by atoms with van der Waals surface area (Å²) in [5.74, 6) is -3.37. The molecule has 0 spiro atoms. The molecular formula is C26H20F2N4O5S. The van der Waals surface area contributed by atoms with Gasteiger partial charge in [0, 0.05) is 29.4 Å². The molecule has 0 saturated carbocycles. The van der Waals surface area contributed by atoms with Gasteiger partial charge in [-0.1, -0.05) is 6.07 Å². The minimum Gasteiger partial charge on any atom is -0.461 e. The van der Waals surface area contributed by atoms with Crippen molar-refractivity contribution in [2.45, 2.75) is 13.3 Å². The van der Waals surface area contributed by atoms with Crippen LogP contribution in [0.3, 0.4) is 0 Å². The summed E-state index contributed by atoms with van der Waals surface area (Å²) in [5.41, 5.74) is -0.287. The van der Waals surface area contributed by atoms with Crippen molar-refractivity contribution in [1.29, 1.82) is 0 Å². The number of carbonyl (C=O) groups excluding carboxylic acids is 3. The number of ether oxygens (including phenoxy) is 1. The van der Waals surface area contributed by atoms with E-state index in [1.165, 1.54) is 52.7 Å². The topological polar surface area (TPSA) is 111 Å². The minimum absolute atomic E-state index is 0.00498. The van der Waals surface area contributed by atoms with Crippen molar-refractivity contribution in [3.8, 4) is 5.69 Å². The summed E-state index contributed by atoms with van der Waals surface area (Å²) in [4.78, 5) is 53.2. The van der Waals surface area contributed by atoms with E-state index in [-0.39, 0.29) is 52.6 Å². The minimum atomic E-state index is -0.783. The number of amides is 2. The molecular weight excluding hydrogens is 518 g/mol. The van der Waals surface area contributed by atoms with Gasteiger partial charge in [0.2, 0.25) is 11.8 Å². The number of nitrogens with one attached hydrogen (secondary N) is 1. The Morgan fingerprint density at radius 1 is 1.11 bits per heavy atom. The molecule has 9 nitrogen and oxygen atoms in total. The molecule has 1 atom stereocenters. The lowest BCUT2D eigenvalue weighted by molar-refractivity contribution is -0.122. The van der Waals surface area contributed by atoms with E-state index in [0.29, 0.717) is 5.69 Å². The van der Waals surface area contributed by atoms with Gasteiger partial charge in [0.15, 0.2) is 5.69 Å². The fourth-order valence-corrected chi connectivity index (χ4v) is 5.18. The average Bonchev–Trinajstić information content (AvgIpc) is 3.49. The summed E-state index contributed by atoms with van der Waals surface area (Å²) in [6.07, 6.45) is -0.0737. The Bertz CT molecular complexity index is 1630. The van der Waals surface area contributed by atoms with Crippen LogP contribution in [0.2, 0.25) is 0 Å². The largest absolute Gasteiger partial charge is 0.461 e. The number of fused-ring (bicyclic) bond motifs is 1. The Morgan fingerprint density at radius 3 is 2.58 bits per heavy atom. The second-order valence-electron chi connectivity index (χ2n) is 8.49. The molecule has 1 fully saturated rings. The number of benzene rings is 2. The highest BCUT2D eigenvalue weighted by Crippen LogP contribution is 2.32. The van der Waals surface area contributed by atoms with Gasteiger partial charge in [0.1, 0.15) is 16.6 Å². The molecule has 1 unspecified atom stereocenters. The smallest absolute Gasteiger partial charge is 0.359 e. The number of rotatable bonds is 6. The van der Waals surface area contributed by atoms with Crippen LogP contribution in [0.4, 0.5) is 19.5 Å². The Hall–Kier alpha value is -4.45. The van der Waals surface area contributed by atoms with E-state index in [0.717, 1.165) is 22.1 Å². The summed E-state index contributed by atoms with van der Waals surface area (Å²) < 4.78 is 33.2. The first kappa shape index (κ1) is 25.2. The molecule has 12 heteroatoms. The lowest BCUT2D eigenvalue weighted by atomic mass is 10.1. The Balaban J connectivity index is 1.50. The van der Waals surface area contributed by atoms with Crippen LogP contribution in [0.25, 0.3) is 16.5 Å². The average molecular weight is 539 g/mol. The van der Waals surface area contributed by atoms with Crippen molar-refractivity contribution in [3.63, 3.8) is 0 Å². The van der Waals surface area contributed by atoms with Crippen molar-refractivity contribution < 1.29 is 27.9 Å². The Kier molecular flexibility index (Phi) is 6.72. The third kappa shape index (κ3) is 4.65. The van der Waals surface area contributed by atoms with Crippen LogP contribution in [0.15, 0.2) is 58.7 Å². The van der Waals surface area contributed by atoms with Crippen molar-refractivity contribution in [2.24, 2.45) is 5.92 Å². The van der Waals surface area contributed by atoms with Gasteiger partial charge in [-0.3, -0.25) is 14.4 Å². The molecule has 1 aliphatic rings. The van der Waals surface area contributed by atoms with Crippen LogP contribution in [0.5, 0.6) is 0 Å². The van der Waals surface area contributed by atoms with E-state index in [9.17, 15) is 28.0 Å². The van der Waals surface area contributed by atoms with Gasteiger partial charge in [0.05, 0.1) is 23.6 Å². The number of nitrogens with zero attached hydrogens (tertiary/aromatic N) is 3. The van der Waals surface area contributed by atoms with Gasteiger partial charge in [-0.2, -0.15) is 9.78 Å². The predicted molar refractivity (Wildman–Crippen MR) is 137 cm³/mol. The highest BCUT2D eigenvalue weighted by atomic mass is 32.1. The zero-order valence-electron chi connectivity index (χ0n) is 19.9. The van der Waals surface area contributed by atoms with E-state index in [2.05, 4.69) is 10.4 Å². The number of carbonyl (C=O) groups is 3. The van der Waals surface area contributed by atoms with E-state index in [1.54, 1.807) is 6.92 Å². The first-order valence-corrected chi connectivity index (χ1v) is 12.5. The van der Waals surface area contributed by atoms with Gasteiger partial charge in [0.25, 0.3) is 5.56 Å². The number of aromatic nitrogens is 2. The van der Waals surface area contributed by atoms with Crippen molar-refractivity contribution in [3.05, 3.63) is 81.6 Å². The summed E-state index contributed by atoms with van der Waals surface area (Å²) in [6.45, 7) is 1.76. The quantitative estimate of drug-likeness (QED) is 0.373. The highest BCUT2D eigenvalue weighted by Gasteiger charge is 2.36. The van der Waals surface area contributed by atoms with Crippen molar-refractivity contribution in [2.75, 3.05) is 23.4 Å². The first-order chi connectivity index (χ1) is 18.3. The molecule has 0 radical (unpaired) electrons. The molecule has 4 aromatic rings. The Labute approximate surface area is 218 Å². The van der Waals surface area contributed by atoms with Crippen LogP contribution in [0.1, 0.15) is 23.8 Å². The van der Waals surface area contributed by atoms with Crippen LogP contribution < -0.4 is 15.8 Å². The molecule has 1 saturated heterocycles. The normalized spacial score (nSPS) is 15.2. The highest BCUT2D eigenvalue weighted by molar-refractivity contribution is 7.16. The molecule has 1 aliphatic heterocycles. The summed E-state index contributed by atoms with van der Waals surface area (Å²) in [7, 11) is 0. The number of hydrogen-bond donors (Lipinski definition) is 1. The van der Waals surface area contributed by atoms with Gasteiger partial charge in [-0.05, 0) is 49.4 Å². The number of anilines is 2. The predicted octanol–water partition coefficient (Wildman–Crippen LogP) is 3.89. The number of esters is 1. The number of halogens is 2. The maximum absolute atomic E-state index is 13.9. The van der Waals surface area contributed by atoms with Gasteiger partial charge < -0.3 is 15.0 Å². The third-order valence-electron chi connectivity index (χ3n) is 6.04. The van der Waals surface area contributed by atoms with Gasteiger partial charge in [-0.15, -0.1) is 11.3 Å². The molecule has 5 rings (SSSR count). The fourth-order valence-electron chi connectivity index (χ4n) is 4.24. The Morgan fingerprint density at radius 2 is 1.87 bits per heavy atom. The van der Waals surface area contributed by atoms with Crippen LogP contribution in [0, 0.1) is 17.6 Å². The standard InChI is InChI=1S/C26H20F2N4O5S/c1-2-37-26(36)22-19-13-38-24(21(19)25(35)32(30-22)18-5-3-4-16(28)11-18)29-23(34)14-10-20(33)31(12-14)17-8-6-15(27)7-9-17/h3-9,11,13-14H,2,10,12H2,1H3,(H,29,34). The van der Waals surface area contributed by atoms with Crippen LogP contribution in [-0.4, -0.2) is 40.7 Å². The molecule has 38 heavy (non-hydrogen) atoms. The number of hydrogen-bond acceptors (Lipinski definition) is 7. The van der Waals surface area contributed by atoms with E-state index in [4.69, 9.17) is 4.74 Å². The summed E-state index contributed by atoms with van der Waals surface area (Å²) in [6, 6.07) is 10.5. The lowest BCUT2D eigenvalue weighted by Gasteiger charge is -2.16. The van der Waals surface area contributed by atoms with Crippen LogP contribution >= 0.6 is 11.3 Å². The molecule has 194 valence electrons. The second kappa shape index (κ2) is 10.1. The molecule has 2 aromatic carbocycles. The zero-order chi connectivity index (χ0) is 27.0. The molecule has 2 aromatic heterocycles. The monoisotopic (exact) mass is 538 g/mol. The van der Waals surface area contributed by atoms with Gasteiger partial charge >= 0.3 is 5.97 Å². The summed E-state index contributed by atoms with van der Waals surface area (Å²) >= 11 is 1.01. The fraction of sp³-hybridized carbons (Fsp3) is 0.192. The maximum atomic E-state index is 13.9. The van der Waals surface area contributed by atoms with E-state index in [1.807, 2.05) is 0 Å². The molecule has 2 amide bonds. The molecule has 0 aliphatic carbocycles. The first-order valence-electron chi connectivity index (χ1n) is 11.6. The summed E-state index contributed by atoms with van der Waals surface area (Å²) in [5, 5.41) is 8.69. The molecule has 0 bridgehead atoms. The van der Waals surface area contributed by atoms with E-state index >= 15 is 0 Å².